The van der Waals surface area contributed by atoms with Crippen molar-refractivity contribution in [1.29, 1.82) is 0 Å². The molecule has 1 aromatic carbocycles. The number of hydrogen-bond donors (Lipinski definition) is 1. The smallest absolute Gasteiger partial charge is 0.119 e. The van der Waals surface area contributed by atoms with E-state index in [-0.39, 0.29) is 5.60 Å². The van der Waals surface area contributed by atoms with Crippen LogP contribution in [0, 0.1) is 0 Å². The van der Waals surface area contributed by atoms with Gasteiger partial charge in [0, 0.05) is 19.2 Å². The molecule has 0 amide bonds. The quantitative estimate of drug-likeness (QED) is 0.773. The number of nitrogens with one attached hydrogen (secondary N) is 1. The van der Waals surface area contributed by atoms with Gasteiger partial charge in [0.15, 0.2) is 0 Å². The van der Waals surface area contributed by atoms with E-state index in [4.69, 9.17) is 9.47 Å². The summed E-state index contributed by atoms with van der Waals surface area (Å²) in [5.74, 6) is 0.972. The van der Waals surface area contributed by atoms with Gasteiger partial charge in [-0.05, 0) is 50.8 Å². The summed E-state index contributed by atoms with van der Waals surface area (Å²) >= 11 is 0. The van der Waals surface area contributed by atoms with Gasteiger partial charge in [-0.1, -0.05) is 25.5 Å². The van der Waals surface area contributed by atoms with E-state index in [1.54, 1.807) is 0 Å². The van der Waals surface area contributed by atoms with Crippen LogP contribution in [-0.4, -0.2) is 24.9 Å². The van der Waals surface area contributed by atoms with Gasteiger partial charge in [0.25, 0.3) is 0 Å². The second-order valence-electron chi connectivity index (χ2n) is 6.52. The van der Waals surface area contributed by atoms with Crippen molar-refractivity contribution in [1.82, 2.24) is 5.32 Å². The average Bonchev–Trinajstić information content (AvgIpc) is 2.46. The lowest BCUT2D eigenvalue weighted by molar-refractivity contribution is -0.0630. The Labute approximate surface area is 129 Å². The van der Waals surface area contributed by atoms with Gasteiger partial charge in [-0.15, -0.1) is 0 Å². The molecule has 1 atom stereocenters. The first-order chi connectivity index (χ1) is 10.1. The number of rotatable bonds is 7. The number of unbranched alkanes of at least 4 members (excludes halogenated alkanes) is 1. The molecule has 0 radical (unpaired) electrons. The second-order valence-corrected chi connectivity index (χ2v) is 6.52. The van der Waals surface area contributed by atoms with Gasteiger partial charge in [-0.2, -0.15) is 0 Å². The molecule has 118 valence electrons. The first kappa shape index (κ1) is 16.3. The van der Waals surface area contributed by atoms with Gasteiger partial charge < -0.3 is 14.8 Å². The summed E-state index contributed by atoms with van der Waals surface area (Å²) in [4.78, 5) is 0. The third kappa shape index (κ3) is 5.68. The average molecular weight is 291 g/mol. The normalized spacial score (nSPS) is 21.2. The second kappa shape index (κ2) is 7.81. The number of hydrogen-bond acceptors (Lipinski definition) is 3. The van der Waals surface area contributed by atoms with Gasteiger partial charge in [0.05, 0.1) is 12.2 Å². The van der Waals surface area contributed by atoms with Crippen LogP contribution < -0.4 is 10.1 Å². The molecule has 1 heterocycles. The molecule has 0 spiro atoms. The minimum absolute atomic E-state index is 0.00684. The number of ether oxygens (including phenoxy) is 2. The minimum atomic E-state index is 0.00684. The summed E-state index contributed by atoms with van der Waals surface area (Å²) in [5.41, 5.74) is 1.31. The predicted molar refractivity (Wildman–Crippen MR) is 86.7 cm³/mol. The molecule has 3 nitrogen and oxygen atoms in total. The van der Waals surface area contributed by atoms with E-state index >= 15 is 0 Å². The zero-order valence-corrected chi connectivity index (χ0v) is 13.7. The van der Waals surface area contributed by atoms with Crippen molar-refractivity contribution < 1.29 is 9.47 Å². The maximum atomic E-state index is 5.75. The molecule has 1 aliphatic rings. The van der Waals surface area contributed by atoms with E-state index < -0.39 is 0 Å². The van der Waals surface area contributed by atoms with Crippen LogP contribution in [-0.2, 0) is 11.3 Å². The van der Waals surface area contributed by atoms with Crippen LogP contribution in [0.2, 0.25) is 0 Å². The largest absolute Gasteiger partial charge is 0.494 e. The van der Waals surface area contributed by atoms with E-state index in [1.807, 2.05) is 0 Å². The van der Waals surface area contributed by atoms with Crippen LogP contribution in [0.4, 0.5) is 0 Å². The molecule has 1 fully saturated rings. The lowest BCUT2D eigenvalue weighted by atomic mass is 9.94. The summed E-state index contributed by atoms with van der Waals surface area (Å²) in [6, 6.07) is 8.99. The van der Waals surface area contributed by atoms with Gasteiger partial charge >= 0.3 is 0 Å². The van der Waals surface area contributed by atoms with Gasteiger partial charge in [-0.25, -0.2) is 0 Å². The molecule has 21 heavy (non-hydrogen) atoms. The van der Waals surface area contributed by atoms with Crippen LogP contribution in [0.25, 0.3) is 0 Å². The molecule has 0 aliphatic carbocycles. The van der Waals surface area contributed by atoms with Crippen LogP contribution in [0.15, 0.2) is 24.3 Å². The Morgan fingerprint density at radius 1 is 1.29 bits per heavy atom. The van der Waals surface area contributed by atoms with Gasteiger partial charge in [0.1, 0.15) is 5.75 Å². The Morgan fingerprint density at radius 2 is 2.05 bits per heavy atom. The summed E-state index contributed by atoms with van der Waals surface area (Å²) in [6.07, 6.45) is 4.46. The molecule has 0 saturated carbocycles. The molecular weight excluding hydrogens is 262 g/mol. The standard InChI is InChI=1S/C18H29NO2/c1-4-5-11-20-17-8-6-15(7-9-17)14-19-16-10-12-21-18(2,3)13-16/h6-9,16,19H,4-5,10-14H2,1-3H3. The fourth-order valence-electron chi connectivity index (χ4n) is 2.71. The molecule has 3 heteroatoms. The zero-order valence-electron chi connectivity index (χ0n) is 13.7. The van der Waals surface area contributed by atoms with Crippen LogP contribution in [0.5, 0.6) is 5.75 Å². The van der Waals surface area contributed by atoms with E-state index in [2.05, 4.69) is 50.4 Å². The van der Waals surface area contributed by atoms with Crippen molar-refractivity contribution in [3.63, 3.8) is 0 Å². The van der Waals surface area contributed by atoms with Crippen molar-refractivity contribution in [2.24, 2.45) is 0 Å². The molecule has 1 aromatic rings. The van der Waals surface area contributed by atoms with Gasteiger partial charge in [-0.3, -0.25) is 0 Å². The molecule has 0 aromatic heterocycles. The summed E-state index contributed by atoms with van der Waals surface area (Å²) in [5, 5.41) is 3.64. The lowest BCUT2D eigenvalue weighted by Crippen LogP contribution is -2.43. The van der Waals surface area contributed by atoms with Crippen LogP contribution in [0.1, 0.15) is 52.0 Å². The van der Waals surface area contributed by atoms with Gasteiger partial charge in [0.2, 0.25) is 0 Å². The lowest BCUT2D eigenvalue weighted by Gasteiger charge is -2.36. The highest BCUT2D eigenvalue weighted by Gasteiger charge is 2.28. The van der Waals surface area contributed by atoms with Crippen LogP contribution >= 0.6 is 0 Å². The van der Waals surface area contributed by atoms with E-state index in [0.717, 1.165) is 44.8 Å². The molecule has 0 bridgehead atoms. The summed E-state index contributed by atoms with van der Waals surface area (Å²) in [6.45, 7) is 9.10. The predicted octanol–water partition coefficient (Wildman–Crippen LogP) is 3.91. The molecule has 1 aliphatic heterocycles. The van der Waals surface area contributed by atoms with Crippen molar-refractivity contribution in [2.75, 3.05) is 13.2 Å². The third-order valence-corrected chi connectivity index (χ3v) is 3.98. The first-order valence-electron chi connectivity index (χ1n) is 8.18. The SMILES string of the molecule is CCCCOc1ccc(CNC2CCOC(C)(C)C2)cc1. The summed E-state index contributed by atoms with van der Waals surface area (Å²) < 4.78 is 11.4. The fraction of sp³-hybridized carbons (Fsp3) is 0.667. The van der Waals surface area contributed by atoms with Crippen molar-refractivity contribution in [2.45, 2.75) is 64.6 Å². The summed E-state index contributed by atoms with van der Waals surface area (Å²) in [7, 11) is 0. The third-order valence-electron chi connectivity index (χ3n) is 3.98. The Balaban J connectivity index is 1.75. The zero-order chi connectivity index (χ0) is 15.1. The Morgan fingerprint density at radius 3 is 2.71 bits per heavy atom. The molecule has 1 N–H and O–H groups in total. The highest BCUT2D eigenvalue weighted by Crippen LogP contribution is 2.24. The first-order valence-corrected chi connectivity index (χ1v) is 8.18. The maximum absolute atomic E-state index is 5.75. The molecule has 2 rings (SSSR count). The van der Waals surface area contributed by atoms with E-state index in [9.17, 15) is 0 Å². The Bertz CT molecular complexity index is 414. The Hall–Kier alpha value is -1.06. The highest BCUT2D eigenvalue weighted by atomic mass is 16.5. The minimum Gasteiger partial charge on any atom is -0.494 e. The van der Waals surface area contributed by atoms with E-state index in [0.29, 0.717) is 6.04 Å². The van der Waals surface area contributed by atoms with Crippen molar-refractivity contribution >= 4 is 0 Å². The van der Waals surface area contributed by atoms with Crippen LogP contribution in [0.3, 0.4) is 0 Å². The molecule has 1 unspecified atom stereocenters. The molecular formula is C18H29NO2. The van der Waals surface area contributed by atoms with Crippen molar-refractivity contribution in [3.8, 4) is 5.75 Å². The maximum Gasteiger partial charge on any atom is 0.119 e. The topological polar surface area (TPSA) is 30.5 Å². The fourth-order valence-corrected chi connectivity index (χ4v) is 2.71. The monoisotopic (exact) mass is 291 g/mol. The van der Waals surface area contributed by atoms with E-state index in [1.165, 1.54) is 12.0 Å². The highest BCUT2D eigenvalue weighted by molar-refractivity contribution is 5.27. The Kier molecular flexibility index (Phi) is 6.07. The number of benzene rings is 1. The van der Waals surface area contributed by atoms with Crippen molar-refractivity contribution in [3.05, 3.63) is 29.8 Å². The molecule has 1 saturated heterocycles.